The van der Waals surface area contributed by atoms with Crippen molar-refractivity contribution in [3.05, 3.63) is 86.1 Å². The predicted molar refractivity (Wildman–Crippen MR) is 109 cm³/mol. The maximum Gasteiger partial charge on any atom is 0.275 e. The Morgan fingerprint density at radius 2 is 1.86 bits per heavy atom. The molecule has 2 aromatic carbocycles. The third-order valence-electron chi connectivity index (χ3n) is 4.96. The van der Waals surface area contributed by atoms with E-state index in [1.54, 1.807) is 28.7 Å². The number of aryl methyl sites for hydroxylation is 2. The maximum absolute atomic E-state index is 13.1. The molecule has 0 amide bonds. The van der Waals surface area contributed by atoms with Crippen LogP contribution in [-0.2, 0) is 0 Å². The largest absolute Gasteiger partial charge is 0.457 e. The zero-order valence-corrected chi connectivity index (χ0v) is 16.0. The van der Waals surface area contributed by atoms with E-state index in [0.29, 0.717) is 21.0 Å². The van der Waals surface area contributed by atoms with Gasteiger partial charge < -0.3 is 4.42 Å². The number of thiazole rings is 1. The number of furan rings is 1. The van der Waals surface area contributed by atoms with Crippen LogP contribution in [0, 0.1) is 19.7 Å². The minimum Gasteiger partial charge on any atom is -0.457 e. The molecule has 0 spiro atoms. The molecule has 4 nitrogen and oxygen atoms in total. The smallest absolute Gasteiger partial charge is 0.275 e. The molecule has 3 heterocycles. The Hall–Kier alpha value is -3.25. The third-order valence-corrected chi connectivity index (χ3v) is 5.93. The van der Waals surface area contributed by atoms with Crippen LogP contribution in [-0.4, -0.2) is 9.38 Å². The molecule has 0 saturated heterocycles. The van der Waals surface area contributed by atoms with Crippen LogP contribution < -0.4 is 10.1 Å². The van der Waals surface area contributed by atoms with Crippen molar-refractivity contribution in [1.82, 2.24) is 9.38 Å². The Balaban J connectivity index is 1.63. The van der Waals surface area contributed by atoms with E-state index in [2.05, 4.69) is 4.98 Å². The van der Waals surface area contributed by atoms with E-state index in [1.165, 1.54) is 23.5 Å². The lowest BCUT2D eigenvalue weighted by molar-refractivity contribution is 0.571. The van der Waals surface area contributed by atoms with Gasteiger partial charge in [-0.1, -0.05) is 17.4 Å². The number of hydrogen-bond acceptors (Lipinski definition) is 4. The number of fused-ring (bicyclic) bond motifs is 3. The van der Waals surface area contributed by atoms with Crippen molar-refractivity contribution >= 4 is 33.4 Å². The highest BCUT2D eigenvalue weighted by molar-refractivity contribution is 7.15. The highest BCUT2D eigenvalue weighted by atomic mass is 32.1. The van der Waals surface area contributed by atoms with Crippen molar-refractivity contribution in [2.75, 3.05) is 0 Å². The summed E-state index contributed by atoms with van der Waals surface area (Å²) in [5.74, 6) is 0.895. The van der Waals surface area contributed by atoms with Gasteiger partial charge in [0, 0.05) is 11.6 Å². The van der Waals surface area contributed by atoms with Gasteiger partial charge in [-0.3, -0.25) is 4.79 Å². The monoisotopic (exact) mass is 390 g/mol. The molecule has 5 rings (SSSR count). The fraction of sp³-hybridized carbons (Fsp3) is 0.0909. The molecule has 138 valence electrons. The normalized spacial score (nSPS) is 12.5. The standard InChI is InChI=1S/C22H15FN2O2S/c1-12-3-9-17-20(13(12)2)24-22-25(17)21(26)19(28-22)11-16-8-10-18(27-16)14-4-6-15(23)7-5-14/h3-11H,1-2H3/b19-11+. The quantitative estimate of drug-likeness (QED) is 0.447. The Morgan fingerprint density at radius 1 is 1.07 bits per heavy atom. The zero-order chi connectivity index (χ0) is 19.4. The number of nitrogens with zero attached hydrogens (tertiary/aromatic N) is 2. The third kappa shape index (κ3) is 2.57. The average molecular weight is 390 g/mol. The van der Waals surface area contributed by atoms with E-state index < -0.39 is 0 Å². The van der Waals surface area contributed by atoms with Crippen molar-refractivity contribution in [2.45, 2.75) is 13.8 Å². The fourth-order valence-corrected chi connectivity index (χ4v) is 4.25. The predicted octanol–water partition coefficient (Wildman–Crippen LogP) is 4.47. The summed E-state index contributed by atoms with van der Waals surface area (Å²) in [7, 11) is 0. The second-order valence-corrected chi connectivity index (χ2v) is 7.74. The van der Waals surface area contributed by atoms with Gasteiger partial charge in [0.2, 0.25) is 0 Å². The van der Waals surface area contributed by atoms with Gasteiger partial charge in [0.05, 0.1) is 11.0 Å². The van der Waals surface area contributed by atoms with Gasteiger partial charge in [0.1, 0.15) is 21.9 Å². The summed E-state index contributed by atoms with van der Waals surface area (Å²) in [6, 6.07) is 13.7. The molecule has 0 bridgehead atoms. The van der Waals surface area contributed by atoms with E-state index in [-0.39, 0.29) is 11.4 Å². The van der Waals surface area contributed by atoms with E-state index in [1.807, 2.05) is 32.0 Å². The number of halogens is 1. The first-order chi connectivity index (χ1) is 13.5. The first-order valence-electron chi connectivity index (χ1n) is 8.80. The van der Waals surface area contributed by atoms with Crippen LogP contribution in [0.15, 0.2) is 57.7 Å². The maximum atomic E-state index is 13.1. The highest BCUT2D eigenvalue weighted by Gasteiger charge is 2.14. The molecule has 0 saturated carbocycles. The van der Waals surface area contributed by atoms with Crippen molar-refractivity contribution in [2.24, 2.45) is 0 Å². The molecule has 0 fully saturated rings. The van der Waals surface area contributed by atoms with Gasteiger partial charge in [-0.2, -0.15) is 0 Å². The minimum atomic E-state index is -0.294. The molecule has 0 unspecified atom stereocenters. The zero-order valence-electron chi connectivity index (χ0n) is 15.2. The molecule has 0 aliphatic heterocycles. The minimum absolute atomic E-state index is 0.106. The first kappa shape index (κ1) is 16.9. The summed E-state index contributed by atoms with van der Waals surface area (Å²) in [4.78, 5) is 18.3. The molecule has 0 aliphatic carbocycles. The topological polar surface area (TPSA) is 47.5 Å². The number of rotatable bonds is 2. The van der Waals surface area contributed by atoms with Gasteiger partial charge in [-0.25, -0.2) is 13.8 Å². The SMILES string of the molecule is Cc1ccc2c(nc3s/c(=C/c4ccc(-c5ccc(F)cc5)o4)c(=O)n32)c1C. The van der Waals surface area contributed by atoms with Gasteiger partial charge in [0.25, 0.3) is 5.56 Å². The summed E-state index contributed by atoms with van der Waals surface area (Å²) in [5, 5.41) is 0. The van der Waals surface area contributed by atoms with Crippen LogP contribution in [0.3, 0.4) is 0 Å². The van der Waals surface area contributed by atoms with Gasteiger partial charge in [0.15, 0.2) is 4.96 Å². The van der Waals surface area contributed by atoms with Crippen LogP contribution >= 0.6 is 11.3 Å². The van der Waals surface area contributed by atoms with Crippen molar-refractivity contribution in [3.63, 3.8) is 0 Å². The lowest BCUT2D eigenvalue weighted by atomic mass is 10.1. The lowest BCUT2D eigenvalue weighted by Crippen LogP contribution is -2.22. The summed E-state index contributed by atoms with van der Waals surface area (Å²) in [5.41, 5.74) is 4.61. The van der Waals surface area contributed by atoms with Crippen LogP contribution in [0.4, 0.5) is 4.39 Å². The molecule has 0 aliphatic rings. The molecule has 0 radical (unpaired) electrons. The summed E-state index contributed by atoms with van der Waals surface area (Å²) in [6.45, 7) is 4.06. The first-order valence-corrected chi connectivity index (χ1v) is 9.61. The summed E-state index contributed by atoms with van der Waals surface area (Å²) in [6.07, 6.45) is 1.72. The molecular weight excluding hydrogens is 375 g/mol. The fourth-order valence-electron chi connectivity index (χ4n) is 3.29. The van der Waals surface area contributed by atoms with Crippen molar-refractivity contribution in [1.29, 1.82) is 0 Å². The molecule has 0 atom stereocenters. The van der Waals surface area contributed by atoms with Crippen LogP contribution in [0.25, 0.3) is 33.4 Å². The van der Waals surface area contributed by atoms with Gasteiger partial charge in [-0.05, 0) is 67.4 Å². The Kier molecular flexibility index (Phi) is 3.70. The summed E-state index contributed by atoms with van der Waals surface area (Å²) < 4.78 is 21.1. The van der Waals surface area contributed by atoms with E-state index in [9.17, 15) is 9.18 Å². The van der Waals surface area contributed by atoms with Gasteiger partial charge in [-0.15, -0.1) is 0 Å². The number of imidazole rings is 1. The molecule has 5 aromatic rings. The number of hydrogen-bond donors (Lipinski definition) is 0. The Labute approximate surface area is 163 Å². The van der Waals surface area contributed by atoms with Crippen LogP contribution in [0.5, 0.6) is 0 Å². The molecule has 3 aromatic heterocycles. The number of benzene rings is 2. The Bertz CT molecular complexity index is 1460. The summed E-state index contributed by atoms with van der Waals surface area (Å²) >= 11 is 1.34. The van der Waals surface area contributed by atoms with Crippen molar-refractivity contribution < 1.29 is 8.81 Å². The molecule has 6 heteroatoms. The Morgan fingerprint density at radius 3 is 2.64 bits per heavy atom. The number of aromatic nitrogens is 2. The van der Waals surface area contributed by atoms with Crippen LogP contribution in [0.1, 0.15) is 16.9 Å². The van der Waals surface area contributed by atoms with Crippen molar-refractivity contribution in [3.8, 4) is 11.3 Å². The highest BCUT2D eigenvalue weighted by Crippen LogP contribution is 2.24. The second kappa shape index (κ2) is 6.14. The molecule has 28 heavy (non-hydrogen) atoms. The second-order valence-electron chi connectivity index (χ2n) is 6.73. The van der Waals surface area contributed by atoms with E-state index in [4.69, 9.17) is 4.42 Å². The van der Waals surface area contributed by atoms with E-state index in [0.717, 1.165) is 27.7 Å². The molecular formula is C22H15FN2O2S. The van der Waals surface area contributed by atoms with Gasteiger partial charge >= 0.3 is 0 Å². The van der Waals surface area contributed by atoms with Crippen LogP contribution in [0.2, 0.25) is 0 Å². The van der Waals surface area contributed by atoms with E-state index >= 15 is 0 Å². The average Bonchev–Trinajstić information content (AvgIpc) is 3.36. The lowest BCUT2D eigenvalue weighted by Gasteiger charge is -1.99. The molecule has 0 N–H and O–H groups in total.